The van der Waals surface area contributed by atoms with E-state index in [4.69, 9.17) is 11.6 Å². The van der Waals surface area contributed by atoms with Crippen LogP contribution in [0.5, 0.6) is 0 Å². The summed E-state index contributed by atoms with van der Waals surface area (Å²) >= 11 is 7.65. The number of nitrogens with one attached hydrogen (secondary N) is 1. The van der Waals surface area contributed by atoms with Gasteiger partial charge in [-0.15, -0.1) is 11.3 Å². The van der Waals surface area contributed by atoms with E-state index in [1.165, 1.54) is 10.4 Å². The molecule has 1 aromatic carbocycles. The van der Waals surface area contributed by atoms with E-state index in [0.717, 1.165) is 48.1 Å². The first-order chi connectivity index (χ1) is 15.9. The van der Waals surface area contributed by atoms with Crippen molar-refractivity contribution in [3.63, 3.8) is 0 Å². The number of carbonyl (C=O) groups is 3. The number of carboxylic acid groups (broad SMARTS) is 1. The minimum absolute atomic E-state index is 0.0519. The number of carbonyl (C=O) groups excluding carboxylic acids is 2. The second-order valence-corrected chi connectivity index (χ2v) is 10.7. The van der Waals surface area contributed by atoms with Crippen molar-refractivity contribution in [3.05, 3.63) is 55.7 Å². The number of aryl methyl sites for hydroxylation is 2. The largest absolute Gasteiger partial charge is 0.481 e. The Bertz CT molecular complexity index is 1030. The molecule has 2 unspecified atom stereocenters. The summed E-state index contributed by atoms with van der Waals surface area (Å²) in [7, 11) is 0. The van der Waals surface area contributed by atoms with Crippen molar-refractivity contribution in [2.75, 3.05) is 0 Å². The summed E-state index contributed by atoms with van der Waals surface area (Å²) in [5.41, 5.74) is 2.97. The number of aliphatic carboxylic acids is 1. The van der Waals surface area contributed by atoms with Gasteiger partial charge in [0.15, 0.2) is 0 Å². The molecule has 2 N–H and O–H groups in total. The predicted octanol–water partition coefficient (Wildman–Crippen LogP) is 5.60. The van der Waals surface area contributed by atoms with E-state index in [0.29, 0.717) is 43.7 Å². The summed E-state index contributed by atoms with van der Waals surface area (Å²) < 4.78 is 0. The fourth-order valence-electron chi connectivity index (χ4n) is 5.19. The summed E-state index contributed by atoms with van der Waals surface area (Å²) in [5.74, 6) is -1.72. The van der Waals surface area contributed by atoms with Crippen LogP contribution in [0.25, 0.3) is 0 Å². The summed E-state index contributed by atoms with van der Waals surface area (Å²) in [5, 5.41) is 13.2. The zero-order valence-electron chi connectivity index (χ0n) is 18.7. The number of hydrogen-bond acceptors (Lipinski definition) is 4. The van der Waals surface area contributed by atoms with E-state index in [2.05, 4.69) is 5.32 Å². The van der Waals surface area contributed by atoms with Crippen molar-refractivity contribution >= 4 is 40.6 Å². The highest BCUT2D eigenvalue weighted by Gasteiger charge is 2.35. The molecule has 0 radical (unpaired) electrons. The fraction of sp³-hybridized carbons (Fsp3) is 0.500. The van der Waals surface area contributed by atoms with Crippen LogP contribution in [-0.2, 0) is 35.4 Å². The minimum atomic E-state index is -0.845. The molecule has 1 heterocycles. The molecule has 33 heavy (non-hydrogen) atoms. The zero-order valence-corrected chi connectivity index (χ0v) is 20.3. The minimum Gasteiger partial charge on any atom is -0.481 e. The van der Waals surface area contributed by atoms with Crippen LogP contribution < -0.4 is 5.32 Å². The van der Waals surface area contributed by atoms with Crippen molar-refractivity contribution < 1.29 is 19.5 Å². The van der Waals surface area contributed by atoms with E-state index in [1.807, 2.05) is 24.3 Å². The van der Waals surface area contributed by atoms with Crippen LogP contribution in [0.1, 0.15) is 76.2 Å². The molecular formula is C26H30ClNO4S. The van der Waals surface area contributed by atoms with Gasteiger partial charge in [-0.3, -0.25) is 14.4 Å². The van der Waals surface area contributed by atoms with Crippen molar-refractivity contribution in [3.8, 4) is 0 Å². The van der Waals surface area contributed by atoms with Crippen LogP contribution in [0.15, 0.2) is 24.3 Å². The number of amides is 1. The van der Waals surface area contributed by atoms with Crippen molar-refractivity contribution in [2.24, 2.45) is 11.8 Å². The van der Waals surface area contributed by atoms with Crippen molar-refractivity contribution in [2.45, 2.75) is 70.8 Å². The number of ketones is 1. The summed E-state index contributed by atoms with van der Waals surface area (Å²) in [6.07, 6.45) is 7.82. The lowest BCUT2D eigenvalue weighted by molar-refractivity contribution is -0.148. The second kappa shape index (κ2) is 10.8. The highest BCUT2D eigenvalue weighted by molar-refractivity contribution is 7.12. The molecule has 7 heteroatoms. The third-order valence-electron chi connectivity index (χ3n) is 6.91. The molecule has 2 atom stereocenters. The highest BCUT2D eigenvalue weighted by atomic mass is 35.5. The molecular weight excluding hydrogens is 458 g/mol. The standard InChI is InChI=1S/C26H30ClNO4S/c27-17-13-11-16(12-14-17)15-28-25(30)24-20-7-3-9-22(20)33-23(24)10-4-8-21(29)18-5-1-2-6-19(18)26(31)32/h11-14,18-19H,1-10,15H2,(H,28,30)(H,31,32). The number of halogens is 1. The highest BCUT2D eigenvalue weighted by Crippen LogP contribution is 2.37. The Balaban J connectivity index is 1.39. The quantitative estimate of drug-likeness (QED) is 0.482. The molecule has 0 bridgehead atoms. The Morgan fingerprint density at radius 2 is 1.76 bits per heavy atom. The predicted molar refractivity (Wildman–Crippen MR) is 130 cm³/mol. The van der Waals surface area contributed by atoms with Crippen LogP contribution in [0.4, 0.5) is 0 Å². The molecule has 4 rings (SSSR count). The number of Topliss-reactive ketones (excluding diaryl/α,β-unsaturated/α-hetero) is 1. The zero-order chi connectivity index (χ0) is 23.4. The Hall–Kier alpha value is -2.18. The third kappa shape index (κ3) is 5.67. The van der Waals surface area contributed by atoms with Crippen LogP contribution >= 0.6 is 22.9 Å². The van der Waals surface area contributed by atoms with Gasteiger partial charge in [0.25, 0.3) is 5.91 Å². The number of rotatable bonds is 9. The molecule has 0 saturated heterocycles. The van der Waals surface area contributed by atoms with E-state index in [1.54, 1.807) is 11.3 Å². The summed E-state index contributed by atoms with van der Waals surface area (Å²) in [6, 6.07) is 7.44. The maximum Gasteiger partial charge on any atom is 0.307 e. The lowest BCUT2D eigenvalue weighted by Crippen LogP contribution is -2.32. The molecule has 1 aromatic heterocycles. The molecule has 2 aliphatic carbocycles. The Morgan fingerprint density at radius 1 is 1.03 bits per heavy atom. The number of benzene rings is 1. The lowest BCUT2D eigenvalue weighted by atomic mass is 9.76. The third-order valence-corrected chi connectivity index (χ3v) is 8.51. The Morgan fingerprint density at radius 3 is 2.48 bits per heavy atom. The van der Waals surface area contributed by atoms with E-state index < -0.39 is 11.9 Å². The van der Waals surface area contributed by atoms with E-state index in [9.17, 15) is 19.5 Å². The first-order valence-corrected chi connectivity index (χ1v) is 13.0. The van der Waals surface area contributed by atoms with Gasteiger partial charge in [-0.1, -0.05) is 36.6 Å². The van der Waals surface area contributed by atoms with Gasteiger partial charge >= 0.3 is 5.97 Å². The SMILES string of the molecule is O=C(NCc1ccc(Cl)cc1)c1c(CCCC(=O)C2CCCCC2C(=O)O)sc2c1CCC2. The number of hydrogen-bond donors (Lipinski definition) is 2. The Labute approximate surface area is 203 Å². The summed E-state index contributed by atoms with van der Waals surface area (Å²) in [6.45, 7) is 0.441. The van der Waals surface area contributed by atoms with Crippen molar-refractivity contribution in [1.29, 1.82) is 0 Å². The van der Waals surface area contributed by atoms with Crippen LogP contribution in [0.2, 0.25) is 5.02 Å². The Kier molecular flexibility index (Phi) is 7.86. The molecule has 176 valence electrons. The number of thiophene rings is 1. The fourth-order valence-corrected chi connectivity index (χ4v) is 6.76. The molecule has 1 amide bonds. The first-order valence-electron chi connectivity index (χ1n) is 11.9. The van der Waals surface area contributed by atoms with Crippen LogP contribution in [0.3, 0.4) is 0 Å². The maximum absolute atomic E-state index is 13.1. The average molecular weight is 488 g/mol. The van der Waals surface area contributed by atoms with Gasteiger partial charge in [-0.2, -0.15) is 0 Å². The molecule has 0 aliphatic heterocycles. The lowest BCUT2D eigenvalue weighted by Gasteiger charge is -2.27. The first kappa shape index (κ1) is 24.0. The van der Waals surface area contributed by atoms with Gasteiger partial charge in [0.2, 0.25) is 0 Å². The van der Waals surface area contributed by atoms with Gasteiger partial charge < -0.3 is 10.4 Å². The maximum atomic E-state index is 13.1. The van der Waals surface area contributed by atoms with E-state index >= 15 is 0 Å². The molecule has 2 aromatic rings. The van der Waals surface area contributed by atoms with Gasteiger partial charge in [0.05, 0.1) is 11.5 Å². The van der Waals surface area contributed by atoms with Gasteiger partial charge in [0, 0.05) is 33.7 Å². The van der Waals surface area contributed by atoms with Crippen LogP contribution in [-0.4, -0.2) is 22.8 Å². The van der Waals surface area contributed by atoms with Crippen molar-refractivity contribution in [1.82, 2.24) is 5.32 Å². The molecule has 5 nitrogen and oxygen atoms in total. The van der Waals surface area contributed by atoms with Gasteiger partial charge in [-0.05, 0) is 68.2 Å². The summed E-state index contributed by atoms with van der Waals surface area (Å²) in [4.78, 5) is 39.8. The molecule has 1 fully saturated rings. The number of carboxylic acids is 1. The monoisotopic (exact) mass is 487 g/mol. The van der Waals surface area contributed by atoms with Crippen LogP contribution in [0, 0.1) is 11.8 Å². The number of fused-ring (bicyclic) bond motifs is 1. The smallest absolute Gasteiger partial charge is 0.307 e. The molecule has 2 aliphatic rings. The second-order valence-electron chi connectivity index (χ2n) is 9.12. The average Bonchev–Trinajstić information content (AvgIpc) is 3.39. The van der Waals surface area contributed by atoms with E-state index in [-0.39, 0.29) is 17.6 Å². The van der Waals surface area contributed by atoms with Gasteiger partial charge in [0.1, 0.15) is 5.78 Å². The van der Waals surface area contributed by atoms with Gasteiger partial charge in [-0.25, -0.2) is 0 Å². The normalized spacial score (nSPS) is 19.8. The molecule has 1 saturated carbocycles. The topological polar surface area (TPSA) is 83.5 Å². The molecule has 0 spiro atoms.